The lowest BCUT2D eigenvalue weighted by Crippen LogP contribution is -2.58. The Morgan fingerprint density at radius 1 is 1.31 bits per heavy atom. The summed E-state index contributed by atoms with van der Waals surface area (Å²) < 4.78 is 16.1. The number of rotatable bonds is 4. The molecule has 6 heteroatoms. The van der Waals surface area contributed by atoms with Crippen LogP contribution in [0.5, 0.6) is 0 Å². The third-order valence-electron chi connectivity index (χ3n) is 7.32. The maximum Gasteiger partial charge on any atom is 0.336 e. The van der Waals surface area contributed by atoms with E-state index < -0.39 is 12.2 Å². The van der Waals surface area contributed by atoms with Gasteiger partial charge in [0.05, 0.1) is 43.7 Å². The lowest BCUT2D eigenvalue weighted by Gasteiger charge is -2.55. The number of ether oxygens (including phenoxy) is 3. The van der Waals surface area contributed by atoms with Crippen molar-refractivity contribution in [3.8, 4) is 0 Å². The number of allylic oxidation sites excluding steroid dienone is 1. The van der Waals surface area contributed by atoms with E-state index in [1.54, 1.807) is 0 Å². The zero-order valence-electron chi connectivity index (χ0n) is 15.8. The van der Waals surface area contributed by atoms with Crippen LogP contribution in [0.3, 0.4) is 0 Å². The average Bonchev–Trinajstić information content (AvgIpc) is 3.49. The van der Waals surface area contributed by atoms with Gasteiger partial charge in [0.1, 0.15) is 6.10 Å². The third-order valence-corrected chi connectivity index (χ3v) is 7.32. The minimum Gasteiger partial charge on any atom is -0.466 e. The number of aliphatic hydroxyl groups excluding tert-OH is 2. The normalized spacial score (nSPS) is 46.6. The Kier molecular flexibility index (Phi) is 4.46. The molecule has 2 aliphatic carbocycles. The first kappa shape index (κ1) is 18.4. The van der Waals surface area contributed by atoms with Crippen molar-refractivity contribution >= 4 is 5.97 Å². The van der Waals surface area contributed by atoms with Crippen LogP contribution in [0.4, 0.5) is 0 Å². The standard InChI is InChI=1S/C20H30O6/c1-19(2)16(22)7-5-11-13(20(10-26-20)8-14(21)17(11)19)6-4-12(15-9-25-15)18(23)24-3/h4,11,13-17,21-22H,5-10H2,1-3H3/b12-4+/t11-,13-,14-,15-,16+,17+,20-/m1/s1. The van der Waals surface area contributed by atoms with Gasteiger partial charge in [-0.2, -0.15) is 0 Å². The molecule has 0 aromatic heterocycles. The molecule has 0 aromatic carbocycles. The van der Waals surface area contributed by atoms with Crippen LogP contribution in [0.1, 0.15) is 39.5 Å². The fraction of sp³-hybridized carbons (Fsp3) is 0.850. The van der Waals surface area contributed by atoms with Gasteiger partial charge in [0.15, 0.2) is 0 Å². The number of hydrogen-bond donors (Lipinski definition) is 2. The van der Waals surface area contributed by atoms with Crippen molar-refractivity contribution in [2.24, 2.45) is 23.2 Å². The molecule has 4 aliphatic rings. The monoisotopic (exact) mass is 366 g/mol. The molecule has 146 valence electrons. The van der Waals surface area contributed by atoms with Crippen molar-refractivity contribution in [1.82, 2.24) is 0 Å². The Morgan fingerprint density at radius 2 is 2.00 bits per heavy atom. The van der Waals surface area contributed by atoms with Crippen molar-refractivity contribution in [3.63, 3.8) is 0 Å². The van der Waals surface area contributed by atoms with E-state index in [1.807, 2.05) is 6.08 Å². The first-order valence-electron chi connectivity index (χ1n) is 9.70. The molecule has 2 aliphatic heterocycles. The predicted molar refractivity (Wildman–Crippen MR) is 93.3 cm³/mol. The Hall–Kier alpha value is -0.950. The highest BCUT2D eigenvalue weighted by atomic mass is 16.6. The zero-order valence-corrected chi connectivity index (χ0v) is 15.8. The number of carbonyl (C=O) groups excluding carboxylic acids is 1. The summed E-state index contributed by atoms with van der Waals surface area (Å²) in [5.74, 6) is 0.222. The zero-order chi connectivity index (χ0) is 18.7. The van der Waals surface area contributed by atoms with Crippen molar-refractivity contribution < 1.29 is 29.2 Å². The smallest absolute Gasteiger partial charge is 0.336 e. The second-order valence-electron chi connectivity index (χ2n) is 9.04. The van der Waals surface area contributed by atoms with Gasteiger partial charge >= 0.3 is 5.97 Å². The van der Waals surface area contributed by atoms with Crippen LogP contribution in [-0.4, -0.2) is 60.4 Å². The predicted octanol–water partition coefficient (Wildman–Crippen LogP) is 1.44. The van der Waals surface area contributed by atoms with Crippen LogP contribution in [0, 0.1) is 23.2 Å². The fourth-order valence-electron chi connectivity index (χ4n) is 5.69. The summed E-state index contributed by atoms with van der Waals surface area (Å²) >= 11 is 0. The summed E-state index contributed by atoms with van der Waals surface area (Å²) in [6.45, 7) is 5.36. The maximum absolute atomic E-state index is 12.0. The van der Waals surface area contributed by atoms with Gasteiger partial charge in [0.2, 0.25) is 0 Å². The highest BCUT2D eigenvalue weighted by Gasteiger charge is 2.64. The number of epoxide rings is 2. The van der Waals surface area contributed by atoms with Crippen LogP contribution in [-0.2, 0) is 19.0 Å². The second kappa shape index (κ2) is 6.30. The molecule has 4 fully saturated rings. The summed E-state index contributed by atoms with van der Waals surface area (Å²) in [4.78, 5) is 12.0. The minimum absolute atomic E-state index is 0.0400. The van der Waals surface area contributed by atoms with E-state index in [4.69, 9.17) is 14.2 Å². The first-order chi connectivity index (χ1) is 12.3. The van der Waals surface area contributed by atoms with E-state index in [2.05, 4.69) is 13.8 Å². The fourth-order valence-corrected chi connectivity index (χ4v) is 5.69. The summed E-state index contributed by atoms with van der Waals surface area (Å²) in [6, 6.07) is 0. The first-order valence-corrected chi connectivity index (χ1v) is 9.70. The van der Waals surface area contributed by atoms with E-state index in [9.17, 15) is 15.0 Å². The third kappa shape index (κ3) is 2.91. The topological polar surface area (TPSA) is 91.8 Å². The molecule has 2 heterocycles. The molecule has 0 bridgehead atoms. The van der Waals surface area contributed by atoms with E-state index in [-0.39, 0.29) is 40.8 Å². The molecule has 4 rings (SSSR count). The van der Waals surface area contributed by atoms with Gasteiger partial charge in [0.25, 0.3) is 0 Å². The Labute approximate surface area is 154 Å². The Bertz CT molecular complexity index is 603. The van der Waals surface area contributed by atoms with Crippen molar-refractivity contribution in [3.05, 3.63) is 11.6 Å². The van der Waals surface area contributed by atoms with E-state index >= 15 is 0 Å². The number of aliphatic hydroxyl groups is 2. The number of methoxy groups -OCH3 is 1. The van der Waals surface area contributed by atoms with Gasteiger partial charge in [-0.3, -0.25) is 0 Å². The van der Waals surface area contributed by atoms with Crippen LogP contribution < -0.4 is 0 Å². The minimum atomic E-state index is -0.459. The summed E-state index contributed by atoms with van der Waals surface area (Å²) in [6.07, 6.45) is 3.91. The van der Waals surface area contributed by atoms with Gasteiger partial charge in [-0.15, -0.1) is 0 Å². The molecular formula is C20H30O6. The van der Waals surface area contributed by atoms with Gasteiger partial charge in [-0.25, -0.2) is 4.79 Å². The lowest BCUT2D eigenvalue weighted by molar-refractivity contribution is -0.155. The summed E-state index contributed by atoms with van der Waals surface area (Å²) in [5.41, 5.74) is -0.00627. The molecular weight excluding hydrogens is 336 g/mol. The van der Waals surface area contributed by atoms with Crippen LogP contribution in [0.25, 0.3) is 0 Å². The van der Waals surface area contributed by atoms with Gasteiger partial charge in [-0.05, 0) is 42.4 Å². The van der Waals surface area contributed by atoms with Crippen molar-refractivity contribution in [2.75, 3.05) is 20.3 Å². The molecule has 0 unspecified atom stereocenters. The maximum atomic E-state index is 12.0. The number of hydrogen-bond acceptors (Lipinski definition) is 6. The molecule has 2 saturated heterocycles. The molecule has 7 atom stereocenters. The number of carbonyl (C=O) groups is 1. The molecule has 2 saturated carbocycles. The van der Waals surface area contributed by atoms with E-state index in [0.29, 0.717) is 31.6 Å². The number of esters is 1. The second-order valence-corrected chi connectivity index (χ2v) is 9.04. The largest absolute Gasteiger partial charge is 0.466 e. The molecule has 26 heavy (non-hydrogen) atoms. The molecule has 0 amide bonds. The van der Waals surface area contributed by atoms with Gasteiger partial charge in [0, 0.05) is 6.42 Å². The van der Waals surface area contributed by atoms with Crippen LogP contribution in [0.15, 0.2) is 11.6 Å². The van der Waals surface area contributed by atoms with Gasteiger partial charge < -0.3 is 24.4 Å². The van der Waals surface area contributed by atoms with Gasteiger partial charge in [-0.1, -0.05) is 19.9 Å². The highest BCUT2D eigenvalue weighted by molar-refractivity contribution is 5.90. The molecule has 2 N–H and O–H groups in total. The SMILES string of the molecule is COC(=O)/C(=C/C[C@@H]1[C@H]2CC[C@H](O)C(C)(C)[C@@H]2[C@H](O)C[C@@]12CO2)[C@H]1CO1. The van der Waals surface area contributed by atoms with Crippen molar-refractivity contribution in [1.29, 1.82) is 0 Å². The molecule has 1 spiro atoms. The highest BCUT2D eigenvalue weighted by Crippen LogP contribution is 2.60. The molecule has 6 nitrogen and oxygen atoms in total. The van der Waals surface area contributed by atoms with Crippen LogP contribution >= 0.6 is 0 Å². The van der Waals surface area contributed by atoms with Crippen LogP contribution in [0.2, 0.25) is 0 Å². The Morgan fingerprint density at radius 3 is 2.58 bits per heavy atom. The van der Waals surface area contributed by atoms with E-state index in [0.717, 1.165) is 12.8 Å². The van der Waals surface area contributed by atoms with Crippen molar-refractivity contribution in [2.45, 2.75) is 63.4 Å². The summed E-state index contributed by atoms with van der Waals surface area (Å²) in [7, 11) is 1.39. The Balaban J connectivity index is 1.60. The van der Waals surface area contributed by atoms with E-state index in [1.165, 1.54) is 7.11 Å². The quantitative estimate of drug-likeness (QED) is 0.444. The number of fused-ring (bicyclic) bond motifs is 1. The molecule has 0 aromatic rings. The molecule has 0 radical (unpaired) electrons. The summed E-state index contributed by atoms with van der Waals surface area (Å²) in [5, 5.41) is 21.3. The lowest BCUT2D eigenvalue weighted by atomic mass is 9.51. The average molecular weight is 366 g/mol.